The number of unbranched alkanes of at least 4 members (excludes halogenated alkanes) is 5. The molecule has 7 N–H and O–H groups in total. The molecule has 1 rings (SSSR count). The highest BCUT2D eigenvalue weighted by molar-refractivity contribution is 5.96. The molecule has 1 aliphatic rings. The van der Waals surface area contributed by atoms with E-state index in [0.717, 1.165) is 12.8 Å². The standard InChI is InChI=1S/C32H55N5O9/c1-7-8-9-10-11-12-13-14-15-16-24(40)35-27-21(6)46-32(45)26(20(4)5)37-30(43)25(19(2)3)36-29(42)23(18-39)33-28(41)22(17-38)34-31(27)44/h12-13,19-23,25-27,38-39H,7-11,14-18H2,1-6H3,(H,33,41)(H,34,44)(H,35,40)(H,36,42)(H,37,43). The molecule has 1 saturated heterocycles. The zero-order valence-corrected chi connectivity index (χ0v) is 28.1. The Kier molecular flexibility index (Phi) is 18.8. The number of nitrogens with one attached hydrogen (secondary N) is 5. The predicted molar refractivity (Wildman–Crippen MR) is 171 cm³/mol. The van der Waals surface area contributed by atoms with Crippen LogP contribution in [0.3, 0.4) is 0 Å². The Morgan fingerprint density at radius 1 is 0.761 bits per heavy atom. The van der Waals surface area contributed by atoms with Gasteiger partial charge in [0.15, 0.2) is 0 Å². The molecule has 14 heteroatoms. The third-order valence-corrected chi connectivity index (χ3v) is 7.63. The molecule has 46 heavy (non-hydrogen) atoms. The second kappa shape index (κ2) is 21.3. The molecule has 0 radical (unpaired) electrons. The third-order valence-electron chi connectivity index (χ3n) is 7.63. The quantitative estimate of drug-likeness (QED) is 0.0782. The number of carbonyl (C=O) groups is 6. The lowest BCUT2D eigenvalue weighted by Crippen LogP contribution is -2.63. The monoisotopic (exact) mass is 653 g/mol. The summed E-state index contributed by atoms with van der Waals surface area (Å²) in [7, 11) is 0. The molecule has 0 aromatic heterocycles. The third kappa shape index (κ3) is 13.9. The Bertz CT molecular complexity index is 1050. The fraction of sp³-hybridized carbons (Fsp3) is 0.750. The van der Waals surface area contributed by atoms with Crippen molar-refractivity contribution < 1.29 is 43.7 Å². The van der Waals surface area contributed by atoms with Crippen molar-refractivity contribution in [2.75, 3.05) is 13.2 Å². The number of aliphatic hydroxyl groups is 2. The van der Waals surface area contributed by atoms with Crippen molar-refractivity contribution in [3.63, 3.8) is 0 Å². The predicted octanol–water partition coefficient (Wildman–Crippen LogP) is 0.349. The number of cyclic esters (lactones) is 1. The van der Waals surface area contributed by atoms with Gasteiger partial charge in [-0.3, -0.25) is 24.0 Å². The molecule has 6 unspecified atom stereocenters. The SMILES string of the molecule is CCCCCCC=CCCCC(=O)NC1C(=O)NC(CO)C(=O)NC(CO)C(=O)NC(C(C)C)C(=O)NC(C(C)C)C(=O)OC1C. The Morgan fingerprint density at radius 2 is 1.28 bits per heavy atom. The van der Waals surface area contributed by atoms with Crippen LogP contribution in [-0.2, 0) is 33.5 Å². The summed E-state index contributed by atoms with van der Waals surface area (Å²) in [5, 5.41) is 32.0. The second-order valence-electron chi connectivity index (χ2n) is 12.3. The van der Waals surface area contributed by atoms with Gasteiger partial charge in [-0.25, -0.2) is 4.79 Å². The average Bonchev–Trinajstić information content (AvgIpc) is 3.00. The van der Waals surface area contributed by atoms with Gasteiger partial charge in [0.2, 0.25) is 29.5 Å². The number of rotatable bonds is 14. The van der Waals surface area contributed by atoms with Crippen LogP contribution in [0.25, 0.3) is 0 Å². The van der Waals surface area contributed by atoms with Crippen LogP contribution in [0, 0.1) is 11.8 Å². The number of aliphatic hydroxyl groups excluding tert-OH is 2. The number of allylic oxidation sites excluding steroid dienone is 2. The minimum Gasteiger partial charge on any atom is -0.458 e. The van der Waals surface area contributed by atoms with Crippen molar-refractivity contribution >= 4 is 35.5 Å². The molecule has 5 amide bonds. The van der Waals surface area contributed by atoms with Gasteiger partial charge >= 0.3 is 5.97 Å². The van der Waals surface area contributed by atoms with Crippen molar-refractivity contribution in [1.82, 2.24) is 26.6 Å². The molecule has 1 aliphatic heterocycles. The van der Waals surface area contributed by atoms with Crippen molar-refractivity contribution in [1.29, 1.82) is 0 Å². The summed E-state index contributed by atoms with van der Waals surface area (Å²) in [6, 6.07) is -6.89. The van der Waals surface area contributed by atoms with Gasteiger partial charge in [-0.15, -0.1) is 0 Å². The number of amides is 5. The first kappa shape index (κ1) is 40.5. The summed E-state index contributed by atoms with van der Waals surface area (Å²) >= 11 is 0. The number of esters is 1. The first-order chi connectivity index (χ1) is 21.8. The topological polar surface area (TPSA) is 212 Å². The lowest BCUT2D eigenvalue weighted by molar-refractivity contribution is -0.157. The van der Waals surface area contributed by atoms with Crippen molar-refractivity contribution in [3.05, 3.63) is 12.2 Å². The summed E-state index contributed by atoms with van der Waals surface area (Å²) in [4.78, 5) is 78.7. The van der Waals surface area contributed by atoms with E-state index in [9.17, 15) is 39.0 Å². The molecule has 6 atom stereocenters. The van der Waals surface area contributed by atoms with E-state index in [2.05, 4.69) is 39.6 Å². The van der Waals surface area contributed by atoms with E-state index < -0.39 is 96.9 Å². The summed E-state index contributed by atoms with van der Waals surface area (Å²) in [6.45, 7) is 8.48. The summed E-state index contributed by atoms with van der Waals surface area (Å²) in [5.41, 5.74) is 0. The van der Waals surface area contributed by atoms with Crippen molar-refractivity contribution in [3.8, 4) is 0 Å². The molecule has 262 valence electrons. The highest BCUT2D eigenvalue weighted by Gasteiger charge is 2.38. The van der Waals surface area contributed by atoms with E-state index in [1.165, 1.54) is 26.2 Å². The Hall–Kier alpha value is -3.52. The van der Waals surface area contributed by atoms with E-state index in [0.29, 0.717) is 12.8 Å². The summed E-state index contributed by atoms with van der Waals surface area (Å²) in [6.07, 6.45) is 9.70. The van der Waals surface area contributed by atoms with Gasteiger partial charge in [-0.05, 0) is 44.4 Å². The summed E-state index contributed by atoms with van der Waals surface area (Å²) < 4.78 is 5.58. The van der Waals surface area contributed by atoms with Crippen molar-refractivity contribution in [2.24, 2.45) is 11.8 Å². The number of ether oxygens (including phenoxy) is 1. The highest BCUT2D eigenvalue weighted by atomic mass is 16.5. The van der Waals surface area contributed by atoms with Gasteiger partial charge in [0.05, 0.1) is 13.2 Å². The van der Waals surface area contributed by atoms with E-state index in [-0.39, 0.29) is 6.42 Å². The van der Waals surface area contributed by atoms with E-state index in [1.54, 1.807) is 27.7 Å². The lowest BCUT2D eigenvalue weighted by Gasteiger charge is -2.31. The minimum atomic E-state index is -1.58. The molecule has 0 aromatic rings. The van der Waals surface area contributed by atoms with Gasteiger partial charge in [0, 0.05) is 6.42 Å². The fourth-order valence-corrected chi connectivity index (χ4v) is 4.72. The fourth-order valence-electron chi connectivity index (χ4n) is 4.72. The summed E-state index contributed by atoms with van der Waals surface area (Å²) in [5.74, 6) is -5.82. The Labute approximate surface area is 272 Å². The molecule has 14 nitrogen and oxygen atoms in total. The zero-order chi connectivity index (χ0) is 34.8. The maximum Gasteiger partial charge on any atom is 0.329 e. The largest absolute Gasteiger partial charge is 0.458 e. The maximum atomic E-state index is 13.4. The lowest BCUT2D eigenvalue weighted by atomic mass is 9.99. The van der Waals surface area contributed by atoms with Gasteiger partial charge in [0.25, 0.3) is 0 Å². The molecule has 0 spiro atoms. The molecular weight excluding hydrogens is 598 g/mol. The second-order valence-corrected chi connectivity index (χ2v) is 12.3. The van der Waals surface area contributed by atoms with E-state index in [1.807, 2.05) is 6.08 Å². The number of carbonyl (C=O) groups excluding carboxylic acids is 6. The minimum absolute atomic E-state index is 0.0725. The van der Waals surface area contributed by atoms with Crippen LogP contribution >= 0.6 is 0 Å². The first-order valence-corrected chi connectivity index (χ1v) is 16.3. The van der Waals surface area contributed by atoms with Crippen LogP contribution in [0.2, 0.25) is 0 Å². The molecule has 0 saturated carbocycles. The van der Waals surface area contributed by atoms with Crippen LogP contribution < -0.4 is 26.6 Å². The van der Waals surface area contributed by atoms with Gasteiger partial charge in [-0.2, -0.15) is 0 Å². The Balaban J connectivity index is 3.24. The highest BCUT2D eigenvalue weighted by Crippen LogP contribution is 2.12. The normalized spacial score (nSPS) is 25.6. The van der Waals surface area contributed by atoms with Gasteiger partial charge in [0.1, 0.15) is 36.3 Å². The Morgan fingerprint density at radius 3 is 1.83 bits per heavy atom. The number of hydrogen-bond acceptors (Lipinski definition) is 9. The first-order valence-electron chi connectivity index (χ1n) is 16.3. The van der Waals surface area contributed by atoms with Gasteiger partial charge < -0.3 is 41.5 Å². The average molecular weight is 654 g/mol. The molecule has 1 fully saturated rings. The van der Waals surface area contributed by atoms with Crippen LogP contribution in [0.4, 0.5) is 0 Å². The number of hydrogen-bond donors (Lipinski definition) is 7. The smallest absolute Gasteiger partial charge is 0.329 e. The van der Waals surface area contributed by atoms with Gasteiger partial charge in [-0.1, -0.05) is 66.0 Å². The molecule has 0 bridgehead atoms. The van der Waals surface area contributed by atoms with Crippen LogP contribution in [0.1, 0.15) is 92.9 Å². The van der Waals surface area contributed by atoms with E-state index >= 15 is 0 Å². The molecule has 1 heterocycles. The van der Waals surface area contributed by atoms with Crippen LogP contribution in [0.15, 0.2) is 12.2 Å². The van der Waals surface area contributed by atoms with Crippen LogP contribution in [-0.4, -0.2) is 95.2 Å². The van der Waals surface area contributed by atoms with E-state index in [4.69, 9.17) is 4.74 Å². The molecule has 0 aromatic carbocycles. The van der Waals surface area contributed by atoms with Crippen molar-refractivity contribution in [2.45, 2.75) is 129 Å². The maximum absolute atomic E-state index is 13.4. The molecule has 0 aliphatic carbocycles. The van der Waals surface area contributed by atoms with Crippen LogP contribution in [0.5, 0.6) is 0 Å². The zero-order valence-electron chi connectivity index (χ0n) is 28.1. The molecular formula is C32H55N5O9.